The van der Waals surface area contributed by atoms with E-state index in [1.165, 1.54) is 0 Å². The van der Waals surface area contributed by atoms with Crippen molar-refractivity contribution in [1.82, 2.24) is 0 Å². The molecule has 0 aliphatic heterocycles. The van der Waals surface area contributed by atoms with Gasteiger partial charge < -0.3 is 25.5 Å². The van der Waals surface area contributed by atoms with Crippen molar-refractivity contribution in [1.29, 1.82) is 0 Å². The van der Waals surface area contributed by atoms with Gasteiger partial charge in [0.2, 0.25) is 11.5 Å². The van der Waals surface area contributed by atoms with Gasteiger partial charge in [0, 0.05) is 5.56 Å². The highest BCUT2D eigenvalue weighted by atomic mass is 16.4. The van der Waals surface area contributed by atoms with Crippen LogP contribution in [-0.2, 0) is 5.41 Å². The van der Waals surface area contributed by atoms with Crippen LogP contribution >= 0.6 is 0 Å². The van der Waals surface area contributed by atoms with Gasteiger partial charge in [-0.25, -0.2) is 4.79 Å². The minimum atomic E-state index is -1.50. The zero-order valence-corrected chi connectivity index (χ0v) is 9.64. The molecule has 1 rings (SSSR count). The number of carboxylic acids is 1. The van der Waals surface area contributed by atoms with Crippen molar-refractivity contribution in [3.63, 3.8) is 0 Å². The number of phenols is 4. The Morgan fingerprint density at radius 1 is 0.882 bits per heavy atom. The molecular weight excluding hydrogens is 228 g/mol. The molecule has 0 bridgehead atoms. The maximum atomic E-state index is 11.0. The molecule has 0 aliphatic rings. The molecule has 0 aliphatic carbocycles. The van der Waals surface area contributed by atoms with Gasteiger partial charge in [0.1, 0.15) is 5.56 Å². The summed E-state index contributed by atoms with van der Waals surface area (Å²) in [6, 6.07) is 0. The predicted octanol–water partition coefficient (Wildman–Crippen LogP) is 1.50. The van der Waals surface area contributed by atoms with Crippen molar-refractivity contribution < 1.29 is 30.3 Å². The molecule has 5 N–H and O–H groups in total. The molecule has 0 atom stereocenters. The van der Waals surface area contributed by atoms with Crippen LogP contribution in [0.25, 0.3) is 0 Å². The number of rotatable bonds is 1. The normalized spacial score (nSPS) is 11.5. The summed E-state index contributed by atoms with van der Waals surface area (Å²) in [7, 11) is 0. The first kappa shape index (κ1) is 13.0. The number of carboxylic acid groups (broad SMARTS) is 1. The number of hydrogen-bond donors (Lipinski definition) is 5. The number of hydrogen-bond acceptors (Lipinski definition) is 5. The van der Waals surface area contributed by atoms with E-state index in [0.29, 0.717) is 0 Å². The molecule has 0 amide bonds. The van der Waals surface area contributed by atoms with Crippen molar-refractivity contribution in [3.8, 4) is 23.0 Å². The van der Waals surface area contributed by atoms with Crippen LogP contribution in [0.4, 0.5) is 0 Å². The van der Waals surface area contributed by atoms with Gasteiger partial charge in [-0.2, -0.15) is 0 Å². The lowest BCUT2D eigenvalue weighted by molar-refractivity contribution is 0.0689. The zero-order valence-electron chi connectivity index (χ0n) is 9.64. The molecule has 0 saturated heterocycles. The average molecular weight is 242 g/mol. The molecule has 0 spiro atoms. The molecule has 0 aromatic heterocycles. The predicted molar refractivity (Wildman–Crippen MR) is 58.8 cm³/mol. The fourth-order valence-electron chi connectivity index (χ4n) is 1.64. The molecule has 0 saturated carbocycles. The number of carbonyl (C=O) groups is 1. The fraction of sp³-hybridized carbons (Fsp3) is 0.364. The Labute approximate surface area is 97.4 Å². The largest absolute Gasteiger partial charge is 0.504 e. The van der Waals surface area contributed by atoms with Crippen molar-refractivity contribution in [2.24, 2.45) is 0 Å². The van der Waals surface area contributed by atoms with Crippen LogP contribution in [-0.4, -0.2) is 31.5 Å². The summed E-state index contributed by atoms with van der Waals surface area (Å²) in [5, 5.41) is 46.9. The van der Waals surface area contributed by atoms with E-state index in [1.54, 1.807) is 20.8 Å². The monoisotopic (exact) mass is 242 g/mol. The van der Waals surface area contributed by atoms with Crippen LogP contribution < -0.4 is 0 Å². The first-order valence-corrected chi connectivity index (χ1v) is 4.82. The van der Waals surface area contributed by atoms with E-state index in [4.69, 9.17) is 5.11 Å². The summed E-state index contributed by atoms with van der Waals surface area (Å²) in [6.45, 7) is 4.80. The SMILES string of the molecule is CC(C)(C)c1c(O)c(O)c(O)c(O)c1C(=O)O. The van der Waals surface area contributed by atoms with Gasteiger partial charge in [0.15, 0.2) is 11.5 Å². The van der Waals surface area contributed by atoms with Gasteiger partial charge in [0.05, 0.1) is 0 Å². The molecule has 0 fully saturated rings. The number of aromatic hydroxyl groups is 4. The Morgan fingerprint density at radius 2 is 1.29 bits per heavy atom. The highest BCUT2D eigenvalue weighted by Gasteiger charge is 2.33. The third-order valence-corrected chi connectivity index (χ3v) is 2.36. The van der Waals surface area contributed by atoms with Crippen LogP contribution in [0, 0.1) is 0 Å². The van der Waals surface area contributed by atoms with Gasteiger partial charge >= 0.3 is 5.97 Å². The molecule has 0 radical (unpaired) electrons. The Balaban J connectivity index is 3.86. The molecule has 94 valence electrons. The molecule has 1 aromatic carbocycles. The summed E-state index contributed by atoms with van der Waals surface area (Å²) in [6.07, 6.45) is 0. The summed E-state index contributed by atoms with van der Waals surface area (Å²) in [5.41, 5.74) is -1.59. The standard InChI is InChI=1S/C11H14O6/c1-11(2,3)5-4(10(16)17)6(12)8(14)9(15)7(5)13/h12-15H,1-3H3,(H,16,17). The Hall–Kier alpha value is -2.11. The topological polar surface area (TPSA) is 118 Å². The second-order valence-corrected chi connectivity index (χ2v) is 4.70. The highest BCUT2D eigenvalue weighted by Crippen LogP contribution is 2.50. The molecule has 0 unspecified atom stereocenters. The number of benzene rings is 1. The Bertz CT molecular complexity index is 484. The van der Waals surface area contributed by atoms with Gasteiger partial charge in [-0.15, -0.1) is 0 Å². The Kier molecular flexibility index (Phi) is 2.84. The lowest BCUT2D eigenvalue weighted by Gasteiger charge is -2.24. The van der Waals surface area contributed by atoms with Crippen molar-refractivity contribution >= 4 is 5.97 Å². The second kappa shape index (κ2) is 3.73. The molecule has 1 aromatic rings. The second-order valence-electron chi connectivity index (χ2n) is 4.70. The molecular formula is C11H14O6. The van der Waals surface area contributed by atoms with E-state index in [-0.39, 0.29) is 5.56 Å². The molecule has 6 nitrogen and oxygen atoms in total. The van der Waals surface area contributed by atoms with Gasteiger partial charge in [-0.1, -0.05) is 20.8 Å². The van der Waals surface area contributed by atoms with E-state index in [1.807, 2.05) is 0 Å². The summed E-state index contributed by atoms with van der Waals surface area (Å²) in [5.74, 6) is -5.19. The van der Waals surface area contributed by atoms with E-state index in [0.717, 1.165) is 0 Å². The summed E-state index contributed by atoms with van der Waals surface area (Å²) < 4.78 is 0. The average Bonchev–Trinajstić information content (AvgIpc) is 2.17. The van der Waals surface area contributed by atoms with E-state index >= 15 is 0 Å². The maximum absolute atomic E-state index is 11.0. The summed E-state index contributed by atoms with van der Waals surface area (Å²) >= 11 is 0. The van der Waals surface area contributed by atoms with Crippen LogP contribution in [0.2, 0.25) is 0 Å². The van der Waals surface area contributed by atoms with E-state index in [9.17, 15) is 25.2 Å². The van der Waals surface area contributed by atoms with Crippen LogP contribution in [0.5, 0.6) is 23.0 Å². The zero-order chi connectivity index (χ0) is 13.5. The quantitative estimate of drug-likeness (QED) is 0.376. The van der Waals surface area contributed by atoms with Gasteiger partial charge in [0.25, 0.3) is 0 Å². The van der Waals surface area contributed by atoms with E-state index in [2.05, 4.69) is 0 Å². The fourth-order valence-corrected chi connectivity index (χ4v) is 1.64. The van der Waals surface area contributed by atoms with Crippen molar-refractivity contribution in [3.05, 3.63) is 11.1 Å². The lowest BCUT2D eigenvalue weighted by atomic mass is 9.82. The molecule has 17 heavy (non-hydrogen) atoms. The van der Waals surface area contributed by atoms with Gasteiger partial charge in [-0.3, -0.25) is 0 Å². The Morgan fingerprint density at radius 3 is 1.65 bits per heavy atom. The molecule has 0 heterocycles. The van der Waals surface area contributed by atoms with Crippen molar-refractivity contribution in [2.75, 3.05) is 0 Å². The third kappa shape index (κ3) is 1.93. The van der Waals surface area contributed by atoms with Crippen LogP contribution in [0.3, 0.4) is 0 Å². The number of aromatic carboxylic acids is 1. The number of phenolic OH excluding ortho intramolecular Hbond substituents is 3. The first-order chi connectivity index (χ1) is 7.59. The third-order valence-electron chi connectivity index (χ3n) is 2.36. The van der Waals surface area contributed by atoms with Crippen molar-refractivity contribution in [2.45, 2.75) is 26.2 Å². The van der Waals surface area contributed by atoms with Crippen LogP contribution in [0.1, 0.15) is 36.7 Å². The first-order valence-electron chi connectivity index (χ1n) is 4.82. The van der Waals surface area contributed by atoms with E-state index < -0.39 is 39.9 Å². The highest BCUT2D eigenvalue weighted by molar-refractivity contribution is 5.96. The maximum Gasteiger partial charge on any atom is 0.340 e. The van der Waals surface area contributed by atoms with Gasteiger partial charge in [-0.05, 0) is 5.41 Å². The summed E-state index contributed by atoms with van der Waals surface area (Å²) in [4.78, 5) is 11.0. The van der Waals surface area contributed by atoms with Crippen LogP contribution in [0.15, 0.2) is 0 Å². The minimum Gasteiger partial charge on any atom is -0.504 e. The lowest BCUT2D eigenvalue weighted by Crippen LogP contribution is -2.17. The smallest absolute Gasteiger partial charge is 0.340 e. The molecule has 6 heteroatoms. The minimum absolute atomic E-state index is 0.141.